The maximum atomic E-state index is 12.7. The van der Waals surface area contributed by atoms with E-state index >= 15 is 0 Å². The van der Waals surface area contributed by atoms with Gasteiger partial charge in [-0.05, 0) is 51.3 Å². The second kappa shape index (κ2) is 9.92. The molecule has 7 nitrogen and oxygen atoms in total. The van der Waals surface area contributed by atoms with Gasteiger partial charge in [0.05, 0.1) is 6.54 Å². The van der Waals surface area contributed by atoms with Gasteiger partial charge in [0.25, 0.3) is 0 Å². The number of likely N-dealkylation sites (tertiary alicyclic amines) is 1. The van der Waals surface area contributed by atoms with Crippen LogP contribution in [0.15, 0.2) is 24.3 Å². The van der Waals surface area contributed by atoms with Gasteiger partial charge in [0.1, 0.15) is 0 Å². The van der Waals surface area contributed by atoms with Crippen LogP contribution in [-0.2, 0) is 21.3 Å². The molecule has 1 atom stereocenters. The summed E-state index contributed by atoms with van der Waals surface area (Å²) in [7, 11) is -0.983. The number of hydrogen-bond donors (Lipinski definition) is 1. The molecule has 2 saturated heterocycles. The van der Waals surface area contributed by atoms with Gasteiger partial charge < -0.3 is 15.1 Å². The van der Waals surface area contributed by atoms with E-state index in [1.807, 2.05) is 49.9 Å². The lowest BCUT2D eigenvalue weighted by atomic mass is 10.2. The SMILES string of the molecule is CC(C)(C)S(=O)Cc1cccc(NC(=O)N2CCN(CC(=O)N3CCCC3)CC2)c1. The summed E-state index contributed by atoms with van der Waals surface area (Å²) in [6, 6.07) is 7.44. The van der Waals surface area contributed by atoms with E-state index in [0.717, 1.165) is 37.2 Å². The van der Waals surface area contributed by atoms with Crippen LogP contribution in [0.3, 0.4) is 0 Å². The minimum absolute atomic E-state index is 0.130. The average molecular weight is 435 g/mol. The lowest BCUT2D eigenvalue weighted by Gasteiger charge is -2.35. The molecule has 8 heteroatoms. The van der Waals surface area contributed by atoms with Crippen molar-refractivity contribution in [1.82, 2.24) is 14.7 Å². The Hall–Kier alpha value is -1.93. The molecular weight excluding hydrogens is 400 g/mol. The predicted octanol–water partition coefficient (Wildman–Crippen LogP) is 2.51. The van der Waals surface area contributed by atoms with Crippen LogP contribution < -0.4 is 5.32 Å². The van der Waals surface area contributed by atoms with Crippen molar-refractivity contribution in [2.75, 3.05) is 51.1 Å². The molecule has 0 radical (unpaired) electrons. The fourth-order valence-corrected chi connectivity index (χ4v) is 4.59. The van der Waals surface area contributed by atoms with Crippen LogP contribution >= 0.6 is 0 Å². The van der Waals surface area contributed by atoms with Gasteiger partial charge in [-0.1, -0.05) is 12.1 Å². The normalized spacial score (nSPS) is 19.0. The molecule has 0 aromatic heterocycles. The molecule has 2 aliphatic heterocycles. The summed E-state index contributed by atoms with van der Waals surface area (Å²) in [5, 5.41) is 2.96. The van der Waals surface area contributed by atoms with E-state index < -0.39 is 10.8 Å². The maximum Gasteiger partial charge on any atom is 0.321 e. The van der Waals surface area contributed by atoms with Crippen molar-refractivity contribution in [3.05, 3.63) is 29.8 Å². The average Bonchev–Trinajstić information content (AvgIpc) is 3.23. The van der Waals surface area contributed by atoms with E-state index in [9.17, 15) is 13.8 Å². The number of nitrogens with zero attached hydrogens (tertiary/aromatic N) is 3. The smallest absolute Gasteiger partial charge is 0.321 e. The van der Waals surface area contributed by atoms with Crippen molar-refractivity contribution in [2.24, 2.45) is 0 Å². The van der Waals surface area contributed by atoms with Crippen LogP contribution in [0, 0.1) is 0 Å². The Morgan fingerprint density at radius 3 is 2.30 bits per heavy atom. The molecule has 1 aromatic rings. The molecule has 3 amide bonds. The molecule has 0 aliphatic carbocycles. The standard InChI is InChI=1S/C22H34N4O3S/c1-22(2,3)30(29)17-18-7-6-8-19(15-18)23-21(28)26-13-11-24(12-14-26)16-20(27)25-9-4-5-10-25/h6-8,15H,4-5,9-14,16-17H2,1-3H3,(H,23,28). The molecule has 30 heavy (non-hydrogen) atoms. The number of urea groups is 1. The molecule has 2 fully saturated rings. The molecule has 2 aliphatic rings. The van der Waals surface area contributed by atoms with Gasteiger partial charge in [0, 0.05) is 66.3 Å². The van der Waals surface area contributed by atoms with Crippen LogP contribution in [0.2, 0.25) is 0 Å². The molecule has 0 saturated carbocycles. The molecule has 1 N–H and O–H groups in total. The number of piperazine rings is 1. The first-order valence-corrected chi connectivity index (χ1v) is 12.1. The summed E-state index contributed by atoms with van der Waals surface area (Å²) in [6.07, 6.45) is 2.21. The monoisotopic (exact) mass is 434 g/mol. The first kappa shape index (κ1) is 22.7. The minimum atomic E-state index is -0.983. The quantitative estimate of drug-likeness (QED) is 0.773. The third-order valence-corrected chi connectivity index (χ3v) is 7.60. The second-order valence-corrected chi connectivity index (χ2v) is 11.3. The Bertz CT molecular complexity index is 779. The Balaban J connectivity index is 1.47. The van der Waals surface area contributed by atoms with Gasteiger partial charge in [-0.15, -0.1) is 0 Å². The summed E-state index contributed by atoms with van der Waals surface area (Å²) >= 11 is 0. The maximum absolute atomic E-state index is 12.7. The van der Waals surface area contributed by atoms with Crippen molar-refractivity contribution in [1.29, 1.82) is 0 Å². The zero-order valence-electron chi connectivity index (χ0n) is 18.4. The van der Waals surface area contributed by atoms with Gasteiger partial charge >= 0.3 is 6.03 Å². The fraction of sp³-hybridized carbons (Fsp3) is 0.636. The number of carbonyl (C=O) groups excluding carboxylic acids is 2. The summed E-state index contributed by atoms with van der Waals surface area (Å²) < 4.78 is 12.1. The van der Waals surface area contributed by atoms with E-state index in [1.54, 1.807) is 4.90 Å². The van der Waals surface area contributed by atoms with Crippen molar-refractivity contribution >= 4 is 28.4 Å². The highest BCUT2D eigenvalue weighted by Gasteiger charge is 2.25. The lowest BCUT2D eigenvalue weighted by molar-refractivity contribution is -0.131. The molecule has 2 heterocycles. The zero-order valence-corrected chi connectivity index (χ0v) is 19.2. The van der Waals surface area contributed by atoms with E-state index in [-0.39, 0.29) is 16.7 Å². The van der Waals surface area contributed by atoms with Gasteiger partial charge in [0.15, 0.2) is 0 Å². The van der Waals surface area contributed by atoms with E-state index in [4.69, 9.17) is 0 Å². The highest BCUT2D eigenvalue weighted by atomic mass is 32.2. The lowest BCUT2D eigenvalue weighted by Crippen LogP contribution is -2.52. The van der Waals surface area contributed by atoms with Crippen LogP contribution in [0.25, 0.3) is 0 Å². The van der Waals surface area contributed by atoms with Gasteiger partial charge in [-0.25, -0.2) is 4.79 Å². The van der Waals surface area contributed by atoms with Crippen molar-refractivity contribution in [2.45, 2.75) is 44.1 Å². The molecule has 0 spiro atoms. The van der Waals surface area contributed by atoms with Crippen molar-refractivity contribution in [3.63, 3.8) is 0 Å². The number of carbonyl (C=O) groups is 2. The van der Waals surface area contributed by atoms with Crippen LogP contribution in [0.4, 0.5) is 10.5 Å². The molecule has 1 unspecified atom stereocenters. The number of nitrogens with one attached hydrogen (secondary N) is 1. The molecule has 166 valence electrons. The molecule has 1 aromatic carbocycles. The van der Waals surface area contributed by atoms with Gasteiger partial charge in [-0.2, -0.15) is 0 Å². The Morgan fingerprint density at radius 2 is 1.67 bits per heavy atom. The van der Waals surface area contributed by atoms with Crippen LogP contribution in [0.1, 0.15) is 39.2 Å². The summed E-state index contributed by atoms with van der Waals surface area (Å²) in [5.41, 5.74) is 1.67. The summed E-state index contributed by atoms with van der Waals surface area (Å²) in [5.74, 6) is 0.673. The topological polar surface area (TPSA) is 73.0 Å². The highest BCUT2D eigenvalue weighted by Crippen LogP contribution is 2.19. The predicted molar refractivity (Wildman–Crippen MR) is 121 cm³/mol. The summed E-state index contributed by atoms with van der Waals surface area (Å²) in [4.78, 5) is 30.8. The minimum Gasteiger partial charge on any atom is -0.342 e. The number of anilines is 1. The van der Waals surface area contributed by atoms with Gasteiger partial charge in [-0.3, -0.25) is 13.9 Å². The number of benzene rings is 1. The summed E-state index contributed by atoms with van der Waals surface area (Å²) in [6.45, 7) is 10.7. The Labute approximate surface area is 182 Å². The molecule has 0 bridgehead atoms. The van der Waals surface area contributed by atoms with E-state index in [1.165, 1.54) is 0 Å². The highest BCUT2D eigenvalue weighted by molar-refractivity contribution is 7.85. The number of hydrogen-bond acceptors (Lipinski definition) is 4. The molecular formula is C22H34N4O3S. The largest absolute Gasteiger partial charge is 0.342 e. The fourth-order valence-electron chi connectivity index (χ4n) is 3.68. The first-order chi connectivity index (χ1) is 14.2. The van der Waals surface area contributed by atoms with Crippen molar-refractivity contribution in [3.8, 4) is 0 Å². The third kappa shape index (κ3) is 6.28. The first-order valence-electron chi connectivity index (χ1n) is 10.8. The third-order valence-electron chi connectivity index (χ3n) is 5.64. The molecule has 3 rings (SSSR count). The van der Waals surface area contributed by atoms with Gasteiger partial charge in [0.2, 0.25) is 5.91 Å². The Morgan fingerprint density at radius 1 is 1.00 bits per heavy atom. The Kier molecular flexibility index (Phi) is 7.52. The van der Waals surface area contributed by atoms with E-state index in [0.29, 0.717) is 38.5 Å². The van der Waals surface area contributed by atoms with Crippen LogP contribution in [0.5, 0.6) is 0 Å². The number of amides is 3. The van der Waals surface area contributed by atoms with Crippen molar-refractivity contribution < 1.29 is 13.8 Å². The second-order valence-electron chi connectivity index (χ2n) is 9.08. The zero-order chi connectivity index (χ0) is 21.7. The van der Waals surface area contributed by atoms with Crippen LogP contribution in [-0.4, -0.2) is 81.4 Å². The number of rotatable bonds is 5. The van der Waals surface area contributed by atoms with E-state index in [2.05, 4.69) is 10.2 Å².